The summed E-state index contributed by atoms with van der Waals surface area (Å²) >= 11 is 0. The van der Waals surface area contributed by atoms with Crippen LogP contribution >= 0.6 is 0 Å². The summed E-state index contributed by atoms with van der Waals surface area (Å²) in [6.07, 6.45) is 1.97. The zero-order chi connectivity index (χ0) is 13.9. The van der Waals surface area contributed by atoms with E-state index in [4.69, 9.17) is 9.47 Å². The second kappa shape index (κ2) is 5.74. The molecule has 0 radical (unpaired) electrons. The van der Waals surface area contributed by atoms with Crippen molar-refractivity contribution in [2.75, 3.05) is 18.5 Å². The fraction of sp³-hybridized carbons (Fsp3) is 0.714. The topological polar surface area (TPSA) is 56.3 Å². The van der Waals surface area contributed by atoms with Gasteiger partial charge < -0.3 is 14.8 Å². The molecule has 1 aromatic rings. The third-order valence-electron chi connectivity index (χ3n) is 3.16. The van der Waals surface area contributed by atoms with Crippen molar-refractivity contribution in [3.63, 3.8) is 0 Å². The van der Waals surface area contributed by atoms with Gasteiger partial charge in [0, 0.05) is 18.7 Å². The van der Waals surface area contributed by atoms with Crippen LogP contribution in [0.4, 0.5) is 5.82 Å². The lowest BCUT2D eigenvalue weighted by atomic mass is 9.94. The van der Waals surface area contributed by atoms with Crippen molar-refractivity contribution >= 4 is 5.82 Å². The highest BCUT2D eigenvalue weighted by Gasteiger charge is 2.28. The highest BCUT2D eigenvalue weighted by atomic mass is 16.5. The van der Waals surface area contributed by atoms with Crippen LogP contribution in [0.25, 0.3) is 0 Å². The van der Waals surface area contributed by atoms with E-state index in [2.05, 4.69) is 29.1 Å². The van der Waals surface area contributed by atoms with Gasteiger partial charge in [-0.3, -0.25) is 0 Å². The predicted octanol–water partition coefficient (Wildman–Crippen LogP) is 2.55. The smallest absolute Gasteiger partial charge is 0.218 e. The number of hydrogen-bond acceptors (Lipinski definition) is 5. The van der Waals surface area contributed by atoms with Gasteiger partial charge in [-0.15, -0.1) is 0 Å². The van der Waals surface area contributed by atoms with E-state index in [1.807, 2.05) is 19.9 Å². The molecule has 1 fully saturated rings. The molecule has 0 spiro atoms. The van der Waals surface area contributed by atoms with Crippen LogP contribution in [0, 0.1) is 6.92 Å². The van der Waals surface area contributed by atoms with Crippen LogP contribution in [0.5, 0.6) is 5.88 Å². The van der Waals surface area contributed by atoms with Crippen molar-refractivity contribution in [1.29, 1.82) is 0 Å². The fourth-order valence-electron chi connectivity index (χ4n) is 2.40. The molecule has 1 aliphatic heterocycles. The Balaban J connectivity index is 2.06. The average molecular weight is 265 g/mol. The molecule has 1 aromatic heterocycles. The molecule has 2 rings (SSSR count). The van der Waals surface area contributed by atoms with Crippen molar-refractivity contribution in [3.8, 4) is 5.88 Å². The molecule has 0 amide bonds. The number of rotatable bonds is 4. The first kappa shape index (κ1) is 14.1. The van der Waals surface area contributed by atoms with Gasteiger partial charge in [-0.2, -0.15) is 4.98 Å². The molecular weight excluding hydrogens is 242 g/mol. The molecule has 19 heavy (non-hydrogen) atoms. The van der Waals surface area contributed by atoms with Crippen LogP contribution in [-0.2, 0) is 4.74 Å². The highest BCUT2D eigenvalue weighted by molar-refractivity contribution is 5.39. The number of aromatic nitrogens is 2. The lowest BCUT2D eigenvalue weighted by Crippen LogP contribution is -2.40. The summed E-state index contributed by atoms with van der Waals surface area (Å²) < 4.78 is 11.2. The van der Waals surface area contributed by atoms with Crippen LogP contribution < -0.4 is 10.1 Å². The Hall–Kier alpha value is -1.36. The quantitative estimate of drug-likeness (QED) is 0.906. The molecule has 1 N–H and O–H groups in total. The standard InChI is InChI=1S/C14H23N3O2/c1-5-18-13-8-12(15-10(2)16-13)17-11-6-7-19-14(3,4)9-11/h8,11H,5-7,9H2,1-4H3,(H,15,16,17). The third kappa shape index (κ3) is 4.06. The Bertz CT molecular complexity index is 435. The molecule has 1 atom stereocenters. The summed E-state index contributed by atoms with van der Waals surface area (Å²) in [5.74, 6) is 2.18. The van der Waals surface area contributed by atoms with Gasteiger partial charge in [0.05, 0.1) is 12.2 Å². The Morgan fingerprint density at radius 3 is 2.95 bits per heavy atom. The van der Waals surface area contributed by atoms with E-state index >= 15 is 0 Å². The maximum Gasteiger partial charge on any atom is 0.218 e. The summed E-state index contributed by atoms with van der Waals surface area (Å²) in [6, 6.07) is 2.24. The first-order valence-corrected chi connectivity index (χ1v) is 6.87. The molecule has 5 nitrogen and oxygen atoms in total. The largest absolute Gasteiger partial charge is 0.478 e. The zero-order valence-corrected chi connectivity index (χ0v) is 12.2. The molecule has 2 heterocycles. The second-order valence-electron chi connectivity index (χ2n) is 5.51. The summed E-state index contributed by atoms with van der Waals surface area (Å²) in [5, 5.41) is 3.46. The van der Waals surface area contributed by atoms with E-state index in [-0.39, 0.29) is 5.60 Å². The Morgan fingerprint density at radius 1 is 1.47 bits per heavy atom. The van der Waals surface area contributed by atoms with Gasteiger partial charge in [0.15, 0.2) is 0 Å². The maximum atomic E-state index is 5.72. The van der Waals surface area contributed by atoms with Crippen molar-refractivity contribution in [3.05, 3.63) is 11.9 Å². The molecule has 0 aromatic carbocycles. The van der Waals surface area contributed by atoms with E-state index in [1.54, 1.807) is 0 Å². The fourth-order valence-corrected chi connectivity index (χ4v) is 2.40. The summed E-state index contributed by atoms with van der Waals surface area (Å²) in [5.41, 5.74) is -0.0687. The molecule has 1 aliphatic rings. The minimum Gasteiger partial charge on any atom is -0.478 e. The van der Waals surface area contributed by atoms with Crippen LogP contribution in [0.1, 0.15) is 39.4 Å². The number of anilines is 1. The highest BCUT2D eigenvalue weighted by Crippen LogP contribution is 2.26. The van der Waals surface area contributed by atoms with Gasteiger partial charge in [0.2, 0.25) is 5.88 Å². The molecular formula is C14H23N3O2. The van der Waals surface area contributed by atoms with E-state index in [1.165, 1.54) is 0 Å². The number of nitrogens with zero attached hydrogens (tertiary/aromatic N) is 2. The molecule has 5 heteroatoms. The van der Waals surface area contributed by atoms with Crippen molar-refractivity contribution in [2.45, 2.75) is 52.2 Å². The minimum atomic E-state index is -0.0687. The summed E-state index contributed by atoms with van der Waals surface area (Å²) in [4.78, 5) is 8.66. The Kier molecular flexibility index (Phi) is 4.24. The van der Waals surface area contributed by atoms with Crippen molar-refractivity contribution < 1.29 is 9.47 Å². The molecule has 0 aliphatic carbocycles. The third-order valence-corrected chi connectivity index (χ3v) is 3.16. The first-order chi connectivity index (χ1) is 8.98. The van der Waals surface area contributed by atoms with E-state index < -0.39 is 0 Å². The lowest BCUT2D eigenvalue weighted by molar-refractivity contribution is -0.0553. The van der Waals surface area contributed by atoms with Gasteiger partial charge >= 0.3 is 0 Å². The van der Waals surface area contributed by atoms with Gasteiger partial charge in [0.1, 0.15) is 11.6 Å². The van der Waals surface area contributed by atoms with Crippen LogP contribution in [0.2, 0.25) is 0 Å². The Morgan fingerprint density at radius 2 is 2.26 bits per heavy atom. The van der Waals surface area contributed by atoms with Gasteiger partial charge in [-0.1, -0.05) is 0 Å². The molecule has 0 saturated carbocycles. The van der Waals surface area contributed by atoms with Crippen LogP contribution in [-0.4, -0.2) is 34.8 Å². The van der Waals surface area contributed by atoms with E-state index in [9.17, 15) is 0 Å². The second-order valence-corrected chi connectivity index (χ2v) is 5.51. The Labute approximate surface area is 114 Å². The zero-order valence-electron chi connectivity index (χ0n) is 12.2. The van der Waals surface area contributed by atoms with Crippen LogP contribution in [0.15, 0.2) is 6.07 Å². The van der Waals surface area contributed by atoms with Crippen LogP contribution in [0.3, 0.4) is 0 Å². The monoisotopic (exact) mass is 265 g/mol. The van der Waals surface area contributed by atoms with E-state index in [0.717, 1.165) is 31.1 Å². The number of ether oxygens (including phenoxy) is 2. The number of hydrogen-bond donors (Lipinski definition) is 1. The van der Waals surface area contributed by atoms with Gasteiger partial charge in [0.25, 0.3) is 0 Å². The average Bonchev–Trinajstić information content (AvgIpc) is 2.26. The summed E-state index contributed by atoms with van der Waals surface area (Å²) in [7, 11) is 0. The van der Waals surface area contributed by atoms with Crippen molar-refractivity contribution in [1.82, 2.24) is 9.97 Å². The molecule has 1 unspecified atom stereocenters. The number of aryl methyl sites for hydroxylation is 1. The lowest BCUT2D eigenvalue weighted by Gasteiger charge is -2.36. The molecule has 0 bridgehead atoms. The molecule has 1 saturated heterocycles. The van der Waals surface area contributed by atoms with Crippen molar-refractivity contribution in [2.24, 2.45) is 0 Å². The predicted molar refractivity (Wildman–Crippen MR) is 74.6 cm³/mol. The minimum absolute atomic E-state index is 0.0687. The SMILES string of the molecule is CCOc1cc(NC2CCOC(C)(C)C2)nc(C)n1. The van der Waals surface area contributed by atoms with Gasteiger partial charge in [-0.25, -0.2) is 4.98 Å². The maximum absolute atomic E-state index is 5.72. The normalized spacial score (nSPS) is 22.0. The summed E-state index contributed by atoms with van der Waals surface area (Å²) in [6.45, 7) is 9.47. The first-order valence-electron chi connectivity index (χ1n) is 6.87. The molecule has 106 valence electrons. The van der Waals surface area contributed by atoms with E-state index in [0.29, 0.717) is 18.5 Å². The van der Waals surface area contributed by atoms with Gasteiger partial charge in [-0.05, 0) is 40.5 Å². The number of nitrogens with one attached hydrogen (secondary N) is 1.